The van der Waals surface area contributed by atoms with E-state index in [0.717, 1.165) is 36.8 Å². The van der Waals surface area contributed by atoms with Gasteiger partial charge in [-0.2, -0.15) is 0 Å². The highest BCUT2D eigenvalue weighted by Gasteiger charge is 2.26. The molecule has 0 radical (unpaired) electrons. The van der Waals surface area contributed by atoms with Crippen LogP contribution >= 0.6 is 0 Å². The molecule has 4 nitrogen and oxygen atoms in total. The van der Waals surface area contributed by atoms with Gasteiger partial charge in [0, 0.05) is 12.6 Å². The Bertz CT molecular complexity index is 699. The second-order valence-electron chi connectivity index (χ2n) is 6.74. The Morgan fingerprint density at radius 1 is 1.00 bits per heavy atom. The standard InChI is InChI=1S/C22H29NO3/c1-4-14-26-21-12-7-17(15-22(21)25-3)16-23-13-5-6-20(23)18-8-10-19(24-2)11-9-18/h7-12,15,20H,4-6,13-14,16H2,1-3H3/t20-/m1/s1. The lowest BCUT2D eigenvalue weighted by atomic mass is 10.0. The van der Waals surface area contributed by atoms with Gasteiger partial charge >= 0.3 is 0 Å². The zero-order valence-electron chi connectivity index (χ0n) is 16.0. The van der Waals surface area contributed by atoms with Crippen molar-refractivity contribution in [3.63, 3.8) is 0 Å². The van der Waals surface area contributed by atoms with Gasteiger partial charge in [0.2, 0.25) is 0 Å². The number of benzene rings is 2. The van der Waals surface area contributed by atoms with Crippen LogP contribution in [0.2, 0.25) is 0 Å². The smallest absolute Gasteiger partial charge is 0.161 e. The SMILES string of the molecule is CCCOc1ccc(CN2CCC[C@@H]2c2ccc(OC)cc2)cc1OC. The molecule has 0 unspecified atom stereocenters. The van der Waals surface area contributed by atoms with E-state index in [-0.39, 0.29) is 0 Å². The van der Waals surface area contributed by atoms with E-state index < -0.39 is 0 Å². The van der Waals surface area contributed by atoms with Crippen molar-refractivity contribution in [2.24, 2.45) is 0 Å². The van der Waals surface area contributed by atoms with Gasteiger partial charge in [-0.3, -0.25) is 4.90 Å². The molecule has 1 fully saturated rings. The Kier molecular flexibility index (Phi) is 6.40. The van der Waals surface area contributed by atoms with Gasteiger partial charge in [0.25, 0.3) is 0 Å². The highest BCUT2D eigenvalue weighted by Crippen LogP contribution is 2.35. The van der Waals surface area contributed by atoms with E-state index in [1.165, 1.54) is 24.0 Å². The zero-order chi connectivity index (χ0) is 18.4. The van der Waals surface area contributed by atoms with Gasteiger partial charge in [0.15, 0.2) is 11.5 Å². The summed E-state index contributed by atoms with van der Waals surface area (Å²) < 4.78 is 16.6. The first-order valence-electron chi connectivity index (χ1n) is 9.43. The largest absolute Gasteiger partial charge is 0.497 e. The summed E-state index contributed by atoms with van der Waals surface area (Å²) in [5.74, 6) is 2.55. The van der Waals surface area contributed by atoms with Gasteiger partial charge in [0.05, 0.1) is 20.8 Å². The second kappa shape index (κ2) is 8.95. The lowest BCUT2D eigenvalue weighted by Gasteiger charge is -2.25. The Labute approximate surface area is 156 Å². The Hall–Kier alpha value is -2.20. The third kappa shape index (κ3) is 4.31. The van der Waals surface area contributed by atoms with Gasteiger partial charge < -0.3 is 14.2 Å². The molecule has 0 bridgehead atoms. The van der Waals surface area contributed by atoms with Crippen molar-refractivity contribution >= 4 is 0 Å². The summed E-state index contributed by atoms with van der Waals surface area (Å²) in [6.07, 6.45) is 3.41. The molecule has 0 amide bonds. The fraction of sp³-hybridized carbons (Fsp3) is 0.455. The summed E-state index contributed by atoms with van der Waals surface area (Å²) in [5, 5.41) is 0. The van der Waals surface area contributed by atoms with Crippen LogP contribution in [0.25, 0.3) is 0 Å². The average Bonchev–Trinajstić information content (AvgIpc) is 3.15. The molecule has 1 aliphatic rings. The predicted octanol–water partition coefficient (Wildman–Crippen LogP) is 4.83. The molecule has 1 saturated heterocycles. The summed E-state index contributed by atoms with van der Waals surface area (Å²) in [4.78, 5) is 2.54. The fourth-order valence-corrected chi connectivity index (χ4v) is 3.60. The Morgan fingerprint density at radius 3 is 2.50 bits per heavy atom. The minimum Gasteiger partial charge on any atom is -0.497 e. The van der Waals surface area contributed by atoms with Crippen LogP contribution in [0.15, 0.2) is 42.5 Å². The molecule has 26 heavy (non-hydrogen) atoms. The average molecular weight is 355 g/mol. The lowest BCUT2D eigenvalue weighted by molar-refractivity contribution is 0.247. The molecule has 1 heterocycles. The fourth-order valence-electron chi connectivity index (χ4n) is 3.60. The van der Waals surface area contributed by atoms with Crippen LogP contribution in [-0.4, -0.2) is 32.3 Å². The van der Waals surface area contributed by atoms with E-state index >= 15 is 0 Å². The van der Waals surface area contributed by atoms with E-state index in [1.54, 1.807) is 14.2 Å². The molecule has 1 atom stereocenters. The van der Waals surface area contributed by atoms with Crippen LogP contribution in [0.1, 0.15) is 43.4 Å². The summed E-state index contributed by atoms with van der Waals surface area (Å²) in [6, 6.07) is 15.2. The van der Waals surface area contributed by atoms with Gasteiger partial charge in [0.1, 0.15) is 5.75 Å². The minimum atomic E-state index is 0.461. The molecule has 0 spiro atoms. The molecule has 140 valence electrons. The monoisotopic (exact) mass is 355 g/mol. The van der Waals surface area contributed by atoms with Gasteiger partial charge in [-0.05, 0) is 61.2 Å². The van der Waals surface area contributed by atoms with Gasteiger partial charge in [-0.1, -0.05) is 25.1 Å². The van der Waals surface area contributed by atoms with E-state index in [0.29, 0.717) is 12.6 Å². The van der Waals surface area contributed by atoms with E-state index in [4.69, 9.17) is 14.2 Å². The van der Waals surface area contributed by atoms with Crippen molar-refractivity contribution < 1.29 is 14.2 Å². The van der Waals surface area contributed by atoms with Crippen molar-refractivity contribution in [3.8, 4) is 17.2 Å². The van der Waals surface area contributed by atoms with Crippen LogP contribution in [-0.2, 0) is 6.54 Å². The molecule has 0 aromatic heterocycles. The van der Waals surface area contributed by atoms with Crippen molar-refractivity contribution in [1.82, 2.24) is 4.90 Å². The highest BCUT2D eigenvalue weighted by molar-refractivity contribution is 5.43. The quantitative estimate of drug-likeness (QED) is 0.679. The third-order valence-corrected chi connectivity index (χ3v) is 4.94. The van der Waals surface area contributed by atoms with Gasteiger partial charge in [-0.15, -0.1) is 0 Å². The van der Waals surface area contributed by atoms with Gasteiger partial charge in [-0.25, -0.2) is 0 Å². The highest BCUT2D eigenvalue weighted by atomic mass is 16.5. The molecular weight excluding hydrogens is 326 g/mol. The van der Waals surface area contributed by atoms with Crippen LogP contribution in [0, 0.1) is 0 Å². The molecule has 0 N–H and O–H groups in total. The first-order chi connectivity index (χ1) is 12.7. The molecule has 0 saturated carbocycles. The predicted molar refractivity (Wildman–Crippen MR) is 104 cm³/mol. The third-order valence-electron chi connectivity index (χ3n) is 4.94. The Morgan fingerprint density at radius 2 is 1.81 bits per heavy atom. The summed E-state index contributed by atoms with van der Waals surface area (Å²) in [7, 11) is 3.41. The number of nitrogens with zero attached hydrogens (tertiary/aromatic N) is 1. The first-order valence-corrected chi connectivity index (χ1v) is 9.43. The number of hydrogen-bond acceptors (Lipinski definition) is 4. The number of hydrogen-bond donors (Lipinski definition) is 0. The van der Waals surface area contributed by atoms with E-state index in [2.05, 4.69) is 48.2 Å². The second-order valence-corrected chi connectivity index (χ2v) is 6.74. The maximum Gasteiger partial charge on any atom is 0.161 e. The summed E-state index contributed by atoms with van der Waals surface area (Å²) in [5.41, 5.74) is 2.62. The van der Waals surface area contributed by atoms with E-state index in [1.807, 2.05) is 6.07 Å². The lowest BCUT2D eigenvalue weighted by Crippen LogP contribution is -2.22. The zero-order valence-corrected chi connectivity index (χ0v) is 16.0. The normalized spacial score (nSPS) is 17.3. The van der Waals surface area contributed by atoms with Crippen molar-refractivity contribution in [3.05, 3.63) is 53.6 Å². The van der Waals surface area contributed by atoms with Crippen LogP contribution in [0.3, 0.4) is 0 Å². The maximum absolute atomic E-state index is 5.76. The molecule has 4 heteroatoms. The minimum absolute atomic E-state index is 0.461. The number of rotatable bonds is 8. The first kappa shape index (κ1) is 18.6. The molecular formula is C22H29NO3. The van der Waals surface area contributed by atoms with Crippen molar-refractivity contribution in [2.75, 3.05) is 27.4 Å². The van der Waals surface area contributed by atoms with E-state index in [9.17, 15) is 0 Å². The van der Waals surface area contributed by atoms with Crippen LogP contribution in [0.5, 0.6) is 17.2 Å². The number of methoxy groups -OCH3 is 2. The van der Waals surface area contributed by atoms with Crippen LogP contribution < -0.4 is 14.2 Å². The van der Waals surface area contributed by atoms with Crippen molar-refractivity contribution in [2.45, 2.75) is 38.8 Å². The van der Waals surface area contributed by atoms with Crippen molar-refractivity contribution in [1.29, 1.82) is 0 Å². The number of ether oxygens (including phenoxy) is 3. The maximum atomic E-state index is 5.76. The number of likely N-dealkylation sites (tertiary alicyclic amines) is 1. The molecule has 2 aromatic rings. The Balaban J connectivity index is 1.72. The molecule has 0 aliphatic carbocycles. The molecule has 1 aliphatic heterocycles. The summed E-state index contributed by atoms with van der Waals surface area (Å²) in [6.45, 7) is 4.85. The van der Waals surface area contributed by atoms with Crippen LogP contribution in [0.4, 0.5) is 0 Å². The molecule has 3 rings (SSSR count). The topological polar surface area (TPSA) is 30.9 Å². The molecule has 2 aromatic carbocycles. The summed E-state index contributed by atoms with van der Waals surface area (Å²) >= 11 is 0.